The van der Waals surface area contributed by atoms with Gasteiger partial charge in [-0.3, -0.25) is 0 Å². The van der Waals surface area contributed by atoms with E-state index in [1.807, 2.05) is 0 Å². The number of esters is 2. The van der Waals surface area contributed by atoms with Gasteiger partial charge in [-0.05, 0) is 18.2 Å². The summed E-state index contributed by atoms with van der Waals surface area (Å²) in [4.78, 5) is 23.0. The third-order valence-electron chi connectivity index (χ3n) is 2.27. The number of phenolic OH excluding ortho intramolecular Hbond substituents is 1. The van der Waals surface area contributed by atoms with Gasteiger partial charge in [-0.2, -0.15) is 0 Å². The van der Waals surface area contributed by atoms with E-state index in [9.17, 15) is 14.7 Å². The number of carbonyl (C=O) groups is 2. The van der Waals surface area contributed by atoms with Crippen LogP contribution in [0, 0.1) is 0 Å². The summed E-state index contributed by atoms with van der Waals surface area (Å²) in [5.41, 5.74) is 0.0866. The fourth-order valence-corrected chi connectivity index (χ4v) is 1.41. The van der Waals surface area contributed by atoms with Gasteiger partial charge < -0.3 is 24.4 Å². The summed E-state index contributed by atoms with van der Waals surface area (Å²) in [5.74, 6) is -1.60. The molecule has 0 aliphatic rings. The second kappa shape index (κ2) is 8.13. The van der Waals surface area contributed by atoms with E-state index >= 15 is 0 Å². The first-order chi connectivity index (χ1) is 9.58. The van der Waals surface area contributed by atoms with Crippen LogP contribution in [0.1, 0.15) is 20.7 Å². The summed E-state index contributed by atoms with van der Waals surface area (Å²) in [5, 5.41) is 17.9. The van der Waals surface area contributed by atoms with Crippen molar-refractivity contribution in [2.24, 2.45) is 0 Å². The van der Waals surface area contributed by atoms with E-state index in [-0.39, 0.29) is 43.3 Å². The summed E-state index contributed by atoms with van der Waals surface area (Å²) >= 11 is 0. The Morgan fingerprint density at radius 1 is 1.05 bits per heavy atom. The van der Waals surface area contributed by atoms with Gasteiger partial charge in [0.2, 0.25) is 0 Å². The minimum Gasteiger partial charge on any atom is -0.508 e. The van der Waals surface area contributed by atoms with Gasteiger partial charge in [0.1, 0.15) is 12.4 Å². The summed E-state index contributed by atoms with van der Waals surface area (Å²) < 4.78 is 14.3. The summed E-state index contributed by atoms with van der Waals surface area (Å²) in [7, 11) is 1.20. The van der Waals surface area contributed by atoms with Crippen LogP contribution in [-0.2, 0) is 14.2 Å². The predicted octanol–water partition coefficient (Wildman–Crippen LogP) is 0.345. The molecule has 0 aliphatic heterocycles. The average Bonchev–Trinajstić information content (AvgIpc) is 2.45. The Kier molecular flexibility index (Phi) is 6.48. The van der Waals surface area contributed by atoms with Crippen molar-refractivity contribution in [2.45, 2.75) is 0 Å². The minimum atomic E-state index is -0.696. The first-order valence-corrected chi connectivity index (χ1v) is 5.86. The van der Waals surface area contributed by atoms with Crippen molar-refractivity contribution in [3.63, 3.8) is 0 Å². The van der Waals surface area contributed by atoms with E-state index in [4.69, 9.17) is 14.6 Å². The molecule has 1 aromatic carbocycles. The van der Waals surface area contributed by atoms with Crippen LogP contribution >= 0.6 is 0 Å². The van der Waals surface area contributed by atoms with E-state index in [1.165, 1.54) is 25.3 Å². The molecule has 1 aromatic rings. The highest BCUT2D eigenvalue weighted by molar-refractivity contribution is 5.96. The molecule has 0 saturated carbocycles. The molecule has 0 bridgehead atoms. The quantitative estimate of drug-likeness (QED) is 0.550. The van der Waals surface area contributed by atoms with Gasteiger partial charge in [-0.25, -0.2) is 9.59 Å². The van der Waals surface area contributed by atoms with Crippen molar-refractivity contribution in [2.75, 3.05) is 33.5 Å². The zero-order valence-electron chi connectivity index (χ0n) is 11.0. The average molecular weight is 284 g/mol. The number of hydrogen-bond acceptors (Lipinski definition) is 7. The molecule has 0 aromatic heterocycles. The Bertz CT molecular complexity index is 470. The van der Waals surface area contributed by atoms with Crippen LogP contribution in [0.25, 0.3) is 0 Å². The SMILES string of the molecule is COC(=O)c1cc(O)cc(C(=O)OCCOCCO)c1. The van der Waals surface area contributed by atoms with Crippen molar-refractivity contribution < 1.29 is 34.0 Å². The van der Waals surface area contributed by atoms with Gasteiger partial charge in [-0.15, -0.1) is 0 Å². The molecular weight excluding hydrogens is 268 g/mol. The van der Waals surface area contributed by atoms with E-state index in [0.29, 0.717) is 0 Å². The standard InChI is InChI=1S/C13H16O7/c1-18-12(16)9-6-10(8-11(15)7-9)13(17)20-5-4-19-3-2-14/h6-8,14-15H,2-5H2,1H3. The van der Waals surface area contributed by atoms with E-state index in [1.54, 1.807) is 0 Å². The highest BCUT2D eigenvalue weighted by Gasteiger charge is 2.14. The molecular formula is C13H16O7. The molecule has 0 atom stereocenters. The molecule has 1 rings (SSSR count). The van der Waals surface area contributed by atoms with Crippen LogP contribution < -0.4 is 0 Å². The number of methoxy groups -OCH3 is 1. The molecule has 0 amide bonds. The first kappa shape index (κ1) is 15.9. The third kappa shape index (κ3) is 4.87. The number of rotatable bonds is 7. The molecule has 0 radical (unpaired) electrons. The summed E-state index contributed by atoms with van der Waals surface area (Å²) in [6.45, 7) is 0.205. The number of aliphatic hydroxyl groups is 1. The first-order valence-electron chi connectivity index (χ1n) is 5.86. The Hall–Kier alpha value is -2.12. The highest BCUT2D eigenvalue weighted by Crippen LogP contribution is 2.17. The number of aromatic hydroxyl groups is 1. The van der Waals surface area contributed by atoms with Gasteiger partial charge in [0, 0.05) is 0 Å². The van der Waals surface area contributed by atoms with Gasteiger partial charge in [-0.1, -0.05) is 0 Å². The van der Waals surface area contributed by atoms with Crippen molar-refractivity contribution in [3.05, 3.63) is 29.3 Å². The van der Waals surface area contributed by atoms with Crippen molar-refractivity contribution in [1.82, 2.24) is 0 Å². The molecule has 0 saturated heterocycles. The number of benzene rings is 1. The number of aliphatic hydroxyl groups excluding tert-OH is 1. The van der Waals surface area contributed by atoms with Crippen LogP contribution in [0.5, 0.6) is 5.75 Å². The number of phenols is 1. The third-order valence-corrected chi connectivity index (χ3v) is 2.27. The second-order valence-corrected chi connectivity index (χ2v) is 3.73. The van der Waals surface area contributed by atoms with Crippen LogP contribution in [0.2, 0.25) is 0 Å². The number of hydrogen-bond donors (Lipinski definition) is 2. The molecule has 2 N–H and O–H groups in total. The largest absolute Gasteiger partial charge is 0.508 e. The van der Waals surface area contributed by atoms with E-state index < -0.39 is 11.9 Å². The molecule has 0 unspecified atom stereocenters. The lowest BCUT2D eigenvalue weighted by Gasteiger charge is -2.07. The Labute approximate surface area is 115 Å². The topological polar surface area (TPSA) is 102 Å². The number of carbonyl (C=O) groups excluding carboxylic acids is 2. The molecule has 0 heterocycles. The van der Waals surface area contributed by atoms with Crippen LogP contribution in [-0.4, -0.2) is 55.7 Å². The van der Waals surface area contributed by atoms with Gasteiger partial charge in [0.05, 0.1) is 38.1 Å². The number of ether oxygens (including phenoxy) is 3. The van der Waals surface area contributed by atoms with Crippen molar-refractivity contribution in [1.29, 1.82) is 0 Å². The second-order valence-electron chi connectivity index (χ2n) is 3.73. The van der Waals surface area contributed by atoms with Crippen LogP contribution in [0.4, 0.5) is 0 Å². The predicted molar refractivity (Wildman–Crippen MR) is 67.6 cm³/mol. The van der Waals surface area contributed by atoms with Crippen LogP contribution in [0.15, 0.2) is 18.2 Å². The Morgan fingerprint density at radius 2 is 1.70 bits per heavy atom. The Morgan fingerprint density at radius 3 is 2.30 bits per heavy atom. The van der Waals surface area contributed by atoms with Crippen molar-refractivity contribution >= 4 is 11.9 Å². The summed E-state index contributed by atoms with van der Waals surface area (Å²) in [6, 6.07) is 3.64. The van der Waals surface area contributed by atoms with Gasteiger partial charge >= 0.3 is 11.9 Å². The molecule has 110 valence electrons. The smallest absolute Gasteiger partial charge is 0.338 e. The van der Waals surface area contributed by atoms with Gasteiger partial charge in [0.15, 0.2) is 0 Å². The molecule has 20 heavy (non-hydrogen) atoms. The van der Waals surface area contributed by atoms with E-state index in [2.05, 4.69) is 4.74 Å². The molecule has 0 aliphatic carbocycles. The zero-order valence-corrected chi connectivity index (χ0v) is 11.0. The fraction of sp³-hybridized carbons (Fsp3) is 0.385. The lowest BCUT2D eigenvalue weighted by molar-refractivity contribution is 0.0258. The molecule has 0 fully saturated rings. The molecule has 7 heteroatoms. The van der Waals surface area contributed by atoms with E-state index in [0.717, 1.165) is 0 Å². The fourth-order valence-electron chi connectivity index (χ4n) is 1.41. The monoisotopic (exact) mass is 284 g/mol. The Balaban J connectivity index is 2.63. The highest BCUT2D eigenvalue weighted by atomic mass is 16.6. The maximum absolute atomic E-state index is 11.7. The normalized spacial score (nSPS) is 10.1. The lowest BCUT2D eigenvalue weighted by Crippen LogP contribution is -2.13. The summed E-state index contributed by atoms with van der Waals surface area (Å²) in [6.07, 6.45) is 0. The maximum atomic E-state index is 11.7. The maximum Gasteiger partial charge on any atom is 0.338 e. The molecule has 0 spiro atoms. The molecule has 7 nitrogen and oxygen atoms in total. The van der Waals surface area contributed by atoms with Crippen molar-refractivity contribution in [3.8, 4) is 5.75 Å². The zero-order chi connectivity index (χ0) is 15.0. The minimum absolute atomic E-state index is 0.00203. The van der Waals surface area contributed by atoms with Gasteiger partial charge in [0.25, 0.3) is 0 Å². The lowest BCUT2D eigenvalue weighted by atomic mass is 10.1. The van der Waals surface area contributed by atoms with Crippen LogP contribution in [0.3, 0.4) is 0 Å².